The Balaban J connectivity index is 2.38. The quantitative estimate of drug-likeness (QED) is 0.644. The monoisotopic (exact) mass is 267 g/mol. The predicted molar refractivity (Wildman–Crippen MR) is 76.4 cm³/mol. The Morgan fingerprint density at radius 2 is 2.00 bits per heavy atom. The van der Waals surface area contributed by atoms with Gasteiger partial charge in [0.15, 0.2) is 5.75 Å². The first-order valence-corrected chi connectivity index (χ1v) is 5.90. The van der Waals surface area contributed by atoms with Gasteiger partial charge in [0.05, 0.1) is 22.9 Å². The van der Waals surface area contributed by atoms with Crippen molar-refractivity contribution in [2.24, 2.45) is 0 Å². The summed E-state index contributed by atoms with van der Waals surface area (Å²) >= 11 is 0. The van der Waals surface area contributed by atoms with E-state index in [1.807, 2.05) is 6.07 Å². The molecule has 2 aromatic carbocycles. The number of rotatable bonds is 2. The van der Waals surface area contributed by atoms with Crippen molar-refractivity contribution in [1.82, 2.24) is 0 Å². The van der Waals surface area contributed by atoms with Crippen LogP contribution < -0.4 is 10.6 Å². The van der Waals surface area contributed by atoms with Crippen LogP contribution in [0.3, 0.4) is 0 Å². The fourth-order valence-corrected chi connectivity index (χ4v) is 1.82. The van der Waals surface area contributed by atoms with Crippen LogP contribution in [-0.4, -0.2) is 18.1 Å². The highest BCUT2D eigenvalue weighted by Crippen LogP contribution is 2.27. The molecule has 0 aromatic heterocycles. The highest BCUT2D eigenvalue weighted by atomic mass is 16.3. The van der Waals surface area contributed by atoms with Gasteiger partial charge in [0.2, 0.25) is 0 Å². The molecule has 3 N–H and O–H groups in total. The number of nitriles is 1. The second-order valence-corrected chi connectivity index (χ2v) is 4.27. The lowest BCUT2D eigenvalue weighted by Crippen LogP contribution is -2.26. The molecule has 0 heterocycles. The van der Waals surface area contributed by atoms with E-state index in [1.165, 1.54) is 17.0 Å². The van der Waals surface area contributed by atoms with E-state index >= 15 is 0 Å². The largest absolute Gasteiger partial charge is 0.505 e. The molecule has 0 bridgehead atoms. The molecule has 0 saturated carbocycles. The molecule has 5 nitrogen and oxygen atoms in total. The van der Waals surface area contributed by atoms with E-state index in [0.29, 0.717) is 11.3 Å². The van der Waals surface area contributed by atoms with Crippen LogP contribution in [0.1, 0.15) is 15.9 Å². The van der Waals surface area contributed by atoms with E-state index in [4.69, 9.17) is 11.0 Å². The zero-order chi connectivity index (χ0) is 14.7. The number of anilines is 2. The van der Waals surface area contributed by atoms with Crippen molar-refractivity contribution in [2.45, 2.75) is 0 Å². The van der Waals surface area contributed by atoms with Crippen LogP contribution in [0.5, 0.6) is 5.75 Å². The number of aromatic hydroxyl groups is 1. The Morgan fingerprint density at radius 3 is 2.70 bits per heavy atom. The summed E-state index contributed by atoms with van der Waals surface area (Å²) in [6.07, 6.45) is 0. The Hall–Kier alpha value is -3.00. The number of hydrogen-bond donors (Lipinski definition) is 2. The van der Waals surface area contributed by atoms with Gasteiger partial charge in [-0.25, -0.2) is 0 Å². The summed E-state index contributed by atoms with van der Waals surface area (Å²) in [4.78, 5) is 13.7. The number of carbonyl (C=O) groups excluding carboxylic acids is 1. The third-order valence-electron chi connectivity index (χ3n) is 2.96. The number of nitrogen functional groups attached to an aromatic ring is 1. The van der Waals surface area contributed by atoms with Gasteiger partial charge in [-0.2, -0.15) is 5.26 Å². The lowest BCUT2D eigenvalue weighted by molar-refractivity contribution is 0.0990. The van der Waals surface area contributed by atoms with Crippen LogP contribution in [0.15, 0.2) is 42.5 Å². The van der Waals surface area contributed by atoms with Crippen molar-refractivity contribution in [3.8, 4) is 11.8 Å². The summed E-state index contributed by atoms with van der Waals surface area (Å²) in [5, 5.41) is 18.7. The second kappa shape index (κ2) is 5.33. The Kier molecular flexibility index (Phi) is 3.58. The molecule has 0 aliphatic carbocycles. The molecule has 2 aromatic rings. The molecule has 0 unspecified atom stereocenters. The lowest BCUT2D eigenvalue weighted by Gasteiger charge is -2.18. The van der Waals surface area contributed by atoms with Gasteiger partial charge < -0.3 is 15.7 Å². The van der Waals surface area contributed by atoms with Gasteiger partial charge in [0, 0.05) is 12.7 Å². The summed E-state index contributed by atoms with van der Waals surface area (Å²) in [5.41, 5.74) is 6.87. The van der Waals surface area contributed by atoms with Crippen LogP contribution in [0, 0.1) is 11.3 Å². The van der Waals surface area contributed by atoms with Crippen molar-refractivity contribution >= 4 is 17.3 Å². The van der Waals surface area contributed by atoms with Crippen molar-refractivity contribution in [3.63, 3.8) is 0 Å². The van der Waals surface area contributed by atoms with Crippen molar-refractivity contribution in [3.05, 3.63) is 53.6 Å². The second-order valence-electron chi connectivity index (χ2n) is 4.27. The van der Waals surface area contributed by atoms with Crippen molar-refractivity contribution in [2.75, 3.05) is 17.7 Å². The van der Waals surface area contributed by atoms with Crippen LogP contribution in [0.25, 0.3) is 0 Å². The molecule has 5 heteroatoms. The maximum atomic E-state index is 12.3. The molecule has 0 aliphatic heterocycles. The maximum absolute atomic E-state index is 12.3. The first kappa shape index (κ1) is 13.4. The molecule has 0 saturated heterocycles. The van der Waals surface area contributed by atoms with Gasteiger partial charge in [-0.1, -0.05) is 12.1 Å². The van der Waals surface area contributed by atoms with Gasteiger partial charge in [-0.05, 0) is 30.3 Å². The number of benzene rings is 2. The first-order chi connectivity index (χ1) is 9.54. The van der Waals surface area contributed by atoms with E-state index in [2.05, 4.69) is 0 Å². The van der Waals surface area contributed by atoms with Crippen LogP contribution in [-0.2, 0) is 0 Å². The molecule has 0 spiro atoms. The fraction of sp³-hybridized carbons (Fsp3) is 0.0667. The van der Waals surface area contributed by atoms with Crippen molar-refractivity contribution in [1.29, 1.82) is 5.26 Å². The molecular weight excluding hydrogens is 254 g/mol. The van der Waals surface area contributed by atoms with Gasteiger partial charge in [-0.15, -0.1) is 0 Å². The average molecular weight is 267 g/mol. The van der Waals surface area contributed by atoms with Gasteiger partial charge in [-0.3, -0.25) is 4.79 Å². The number of carbonyl (C=O) groups is 1. The zero-order valence-corrected chi connectivity index (χ0v) is 10.9. The first-order valence-electron chi connectivity index (χ1n) is 5.90. The molecule has 0 aliphatic rings. The number of phenols is 1. The highest BCUT2D eigenvalue weighted by Gasteiger charge is 2.18. The van der Waals surface area contributed by atoms with Gasteiger partial charge >= 0.3 is 0 Å². The molecule has 0 fully saturated rings. The third kappa shape index (κ3) is 2.40. The van der Waals surface area contributed by atoms with E-state index in [-0.39, 0.29) is 17.0 Å². The van der Waals surface area contributed by atoms with Crippen LogP contribution >= 0.6 is 0 Å². The van der Waals surface area contributed by atoms with Gasteiger partial charge in [0.25, 0.3) is 5.91 Å². The molecule has 0 atom stereocenters. The summed E-state index contributed by atoms with van der Waals surface area (Å²) in [6, 6.07) is 13.3. The molecule has 1 amide bonds. The minimum Gasteiger partial charge on any atom is -0.505 e. The zero-order valence-electron chi connectivity index (χ0n) is 10.9. The van der Waals surface area contributed by atoms with Crippen molar-refractivity contribution < 1.29 is 9.90 Å². The summed E-state index contributed by atoms with van der Waals surface area (Å²) in [7, 11) is 1.57. The lowest BCUT2D eigenvalue weighted by atomic mass is 10.1. The minimum absolute atomic E-state index is 0.120. The van der Waals surface area contributed by atoms with E-state index in [9.17, 15) is 9.90 Å². The molecule has 20 heavy (non-hydrogen) atoms. The normalized spacial score (nSPS) is 9.80. The highest BCUT2D eigenvalue weighted by molar-refractivity contribution is 6.08. The summed E-state index contributed by atoms with van der Waals surface area (Å²) in [6.45, 7) is 0. The fourth-order valence-electron chi connectivity index (χ4n) is 1.82. The molecule has 2 rings (SSSR count). The van der Waals surface area contributed by atoms with E-state index in [0.717, 1.165) is 0 Å². The Morgan fingerprint density at radius 1 is 1.30 bits per heavy atom. The Labute approximate surface area is 116 Å². The molecular formula is C15H13N3O2. The summed E-state index contributed by atoms with van der Waals surface area (Å²) in [5.74, 6) is -0.634. The number of nitrogens with two attached hydrogens (primary N) is 1. The maximum Gasteiger partial charge on any atom is 0.261 e. The number of para-hydroxylation sites is 1. The number of nitrogens with zero attached hydrogens (tertiary/aromatic N) is 2. The summed E-state index contributed by atoms with van der Waals surface area (Å²) < 4.78 is 0. The smallest absolute Gasteiger partial charge is 0.261 e. The average Bonchev–Trinajstić information content (AvgIpc) is 2.48. The SMILES string of the molecule is CN(C(=O)c1cccc(N)c1O)c1cccc(C#N)c1. The van der Waals surface area contributed by atoms with Crippen LogP contribution in [0.2, 0.25) is 0 Å². The van der Waals surface area contributed by atoms with E-state index in [1.54, 1.807) is 37.4 Å². The molecule has 100 valence electrons. The third-order valence-corrected chi connectivity index (χ3v) is 2.96. The van der Waals surface area contributed by atoms with Crippen LogP contribution in [0.4, 0.5) is 11.4 Å². The van der Waals surface area contributed by atoms with Gasteiger partial charge in [0.1, 0.15) is 0 Å². The van der Waals surface area contributed by atoms with E-state index < -0.39 is 5.91 Å². The number of phenolic OH excluding ortho intramolecular Hbond substituents is 1. The Bertz CT molecular complexity index is 705. The number of amides is 1. The number of hydrogen-bond acceptors (Lipinski definition) is 4. The topological polar surface area (TPSA) is 90.3 Å². The minimum atomic E-state index is -0.398. The standard InChI is InChI=1S/C15H13N3O2/c1-18(11-5-2-4-10(8-11)9-16)15(20)12-6-3-7-13(17)14(12)19/h2-8,19H,17H2,1H3. The predicted octanol–water partition coefficient (Wildman–Crippen LogP) is 2.12. The molecule has 0 radical (unpaired) electrons.